The predicted molar refractivity (Wildman–Crippen MR) is 60.5 cm³/mol. The van der Waals surface area contributed by atoms with Gasteiger partial charge in [-0.2, -0.15) is 5.26 Å². The van der Waals surface area contributed by atoms with Gasteiger partial charge in [0.05, 0.1) is 6.07 Å². The third-order valence-corrected chi connectivity index (χ3v) is 3.38. The quantitative estimate of drug-likeness (QED) is 0.658. The Labute approximate surface area is 96.1 Å². The highest BCUT2D eigenvalue weighted by molar-refractivity contribution is 5.78. The second kappa shape index (κ2) is 5.13. The van der Waals surface area contributed by atoms with Crippen LogP contribution in [0.5, 0.6) is 0 Å². The first-order valence-corrected chi connectivity index (χ1v) is 5.87. The zero-order valence-corrected chi connectivity index (χ0v) is 9.43. The number of allylic oxidation sites excluding steroid dienone is 1. The fourth-order valence-electron chi connectivity index (χ4n) is 2.53. The van der Waals surface area contributed by atoms with E-state index in [1.807, 2.05) is 17.0 Å². The van der Waals surface area contributed by atoms with Gasteiger partial charge >= 0.3 is 0 Å². The number of carbonyl (C=O) groups excluding carboxylic acids is 1. The summed E-state index contributed by atoms with van der Waals surface area (Å²) in [6.45, 7) is 3.86. The number of nitriles is 1. The molecule has 0 N–H and O–H groups in total. The highest BCUT2D eigenvalue weighted by atomic mass is 16.2. The Morgan fingerprint density at radius 3 is 3.19 bits per heavy atom. The molecule has 0 aromatic heterocycles. The van der Waals surface area contributed by atoms with Crippen molar-refractivity contribution in [2.75, 3.05) is 26.2 Å². The maximum atomic E-state index is 11.5. The molecule has 2 rings (SSSR count). The molecule has 0 radical (unpaired) electrons. The van der Waals surface area contributed by atoms with Crippen LogP contribution < -0.4 is 0 Å². The summed E-state index contributed by atoms with van der Waals surface area (Å²) in [5.74, 6) is 0.328. The van der Waals surface area contributed by atoms with Crippen molar-refractivity contribution in [1.82, 2.24) is 9.80 Å². The normalized spacial score (nSPS) is 26.1. The third kappa shape index (κ3) is 2.42. The molecule has 0 aromatic carbocycles. The van der Waals surface area contributed by atoms with Gasteiger partial charge in [-0.1, -0.05) is 6.08 Å². The second-order valence-electron chi connectivity index (χ2n) is 4.40. The fourth-order valence-corrected chi connectivity index (χ4v) is 2.53. The minimum absolute atomic E-state index is 0.328. The van der Waals surface area contributed by atoms with E-state index in [-0.39, 0.29) is 0 Å². The minimum atomic E-state index is 0.328. The summed E-state index contributed by atoms with van der Waals surface area (Å²) >= 11 is 0. The molecule has 1 atom stereocenters. The summed E-state index contributed by atoms with van der Waals surface area (Å²) in [5, 5.41) is 8.36. The van der Waals surface area contributed by atoms with E-state index in [1.165, 1.54) is 6.08 Å². The predicted octanol–water partition coefficient (Wildman–Crippen LogP) is 0.763. The number of carbonyl (C=O) groups is 1. The number of amides is 1. The van der Waals surface area contributed by atoms with Gasteiger partial charge in [-0.25, -0.2) is 0 Å². The van der Waals surface area contributed by atoms with Crippen LogP contribution in [0.1, 0.15) is 19.3 Å². The molecule has 2 heterocycles. The summed E-state index contributed by atoms with van der Waals surface area (Å²) in [4.78, 5) is 15.9. The summed E-state index contributed by atoms with van der Waals surface area (Å²) in [5.41, 5.74) is 0. The van der Waals surface area contributed by atoms with Crippen LogP contribution in [-0.4, -0.2) is 47.9 Å². The molecule has 4 heteroatoms. The van der Waals surface area contributed by atoms with E-state index < -0.39 is 0 Å². The minimum Gasteiger partial charge on any atom is -0.337 e. The van der Waals surface area contributed by atoms with E-state index in [0.29, 0.717) is 11.9 Å². The van der Waals surface area contributed by atoms with Crippen LogP contribution in [0, 0.1) is 11.3 Å². The molecule has 2 aliphatic rings. The maximum Gasteiger partial charge on any atom is 0.222 e. The Morgan fingerprint density at radius 2 is 2.38 bits per heavy atom. The van der Waals surface area contributed by atoms with Gasteiger partial charge in [-0.15, -0.1) is 0 Å². The fraction of sp³-hybridized carbons (Fsp3) is 0.667. The lowest BCUT2D eigenvalue weighted by Crippen LogP contribution is -2.51. The van der Waals surface area contributed by atoms with E-state index >= 15 is 0 Å². The molecule has 1 amide bonds. The van der Waals surface area contributed by atoms with Gasteiger partial charge in [0, 0.05) is 44.7 Å². The van der Waals surface area contributed by atoms with Gasteiger partial charge in [0.2, 0.25) is 5.91 Å². The molecule has 86 valence electrons. The van der Waals surface area contributed by atoms with Crippen LogP contribution in [0.25, 0.3) is 0 Å². The van der Waals surface area contributed by atoms with Crippen LogP contribution in [0.4, 0.5) is 0 Å². The lowest BCUT2D eigenvalue weighted by Gasteiger charge is -2.37. The van der Waals surface area contributed by atoms with E-state index in [9.17, 15) is 4.79 Å². The molecule has 2 fully saturated rings. The molecule has 16 heavy (non-hydrogen) atoms. The largest absolute Gasteiger partial charge is 0.337 e. The molecular formula is C12H17N3O. The molecule has 0 spiro atoms. The van der Waals surface area contributed by atoms with E-state index in [4.69, 9.17) is 5.26 Å². The zero-order valence-electron chi connectivity index (χ0n) is 9.43. The number of fused-ring (bicyclic) bond motifs is 1. The van der Waals surface area contributed by atoms with Crippen LogP contribution in [-0.2, 0) is 4.79 Å². The summed E-state index contributed by atoms with van der Waals surface area (Å²) < 4.78 is 0. The average Bonchev–Trinajstić information content (AvgIpc) is 2.66. The highest BCUT2D eigenvalue weighted by Gasteiger charge is 2.34. The van der Waals surface area contributed by atoms with Crippen molar-refractivity contribution in [2.24, 2.45) is 0 Å². The van der Waals surface area contributed by atoms with Crippen molar-refractivity contribution < 1.29 is 4.79 Å². The number of hydrogen-bond acceptors (Lipinski definition) is 3. The van der Waals surface area contributed by atoms with Gasteiger partial charge in [-0.3, -0.25) is 9.69 Å². The van der Waals surface area contributed by atoms with E-state index in [0.717, 1.165) is 45.4 Å². The monoisotopic (exact) mass is 219 g/mol. The maximum absolute atomic E-state index is 11.5. The van der Waals surface area contributed by atoms with Crippen LogP contribution >= 0.6 is 0 Å². The van der Waals surface area contributed by atoms with Crippen molar-refractivity contribution in [3.8, 4) is 6.07 Å². The van der Waals surface area contributed by atoms with Crippen molar-refractivity contribution in [2.45, 2.75) is 25.3 Å². The van der Waals surface area contributed by atoms with E-state index in [2.05, 4.69) is 4.90 Å². The number of rotatable bonds is 3. The van der Waals surface area contributed by atoms with Gasteiger partial charge in [-0.05, 0) is 12.8 Å². The molecule has 2 aliphatic heterocycles. The highest BCUT2D eigenvalue weighted by Crippen LogP contribution is 2.22. The first-order valence-electron chi connectivity index (χ1n) is 5.87. The first-order chi connectivity index (χ1) is 7.81. The zero-order chi connectivity index (χ0) is 11.4. The standard InChI is InChI=1S/C12H17N3O/c13-6-2-1-3-7-14-8-9-15-11(10-14)4-5-12(15)16/h1-2,11H,3-5,7-10H2/t11-/m0/s1. The Kier molecular flexibility index (Phi) is 3.58. The molecule has 2 saturated heterocycles. The van der Waals surface area contributed by atoms with Gasteiger partial charge in [0.25, 0.3) is 0 Å². The van der Waals surface area contributed by atoms with Gasteiger partial charge in [0.15, 0.2) is 0 Å². The van der Waals surface area contributed by atoms with Gasteiger partial charge < -0.3 is 4.90 Å². The Bertz CT molecular complexity index is 332. The lowest BCUT2D eigenvalue weighted by molar-refractivity contribution is -0.130. The Balaban J connectivity index is 1.77. The number of piperazine rings is 1. The van der Waals surface area contributed by atoms with Crippen LogP contribution in [0.15, 0.2) is 12.2 Å². The number of nitrogens with zero attached hydrogens (tertiary/aromatic N) is 3. The third-order valence-electron chi connectivity index (χ3n) is 3.38. The molecular weight excluding hydrogens is 202 g/mol. The van der Waals surface area contributed by atoms with Gasteiger partial charge in [0.1, 0.15) is 0 Å². The Hall–Kier alpha value is -1.34. The smallest absolute Gasteiger partial charge is 0.222 e. The van der Waals surface area contributed by atoms with Crippen molar-refractivity contribution in [1.29, 1.82) is 5.26 Å². The second-order valence-corrected chi connectivity index (χ2v) is 4.40. The molecule has 0 aromatic rings. The topological polar surface area (TPSA) is 47.3 Å². The van der Waals surface area contributed by atoms with Crippen molar-refractivity contribution >= 4 is 5.91 Å². The summed E-state index contributed by atoms with van der Waals surface area (Å²) in [6, 6.07) is 2.44. The average molecular weight is 219 g/mol. The molecule has 0 saturated carbocycles. The summed E-state index contributed by atoms with van der Waals surface area (Å²) in [6.07, 6.45) is 6.12. The summed E-state index contributed by atoms with van der Waals surface area (Å²) in [7, 11) is 0. The van der Waals surface area contributed by atoms with Crippen molar-refractivity contribution in [3.05, 3.63) is 12.2 Å². The van der Waals surface area contributed by atoms with Crippen LogP contribution in [0.2, 0.25) is 0 Å². The molecule has 0 bridgehead atoms. The van der Waals surface area contributed by atoms with Crippen LogP contribution in [0.3, 0.4) is 0 Å². The first kappa shape index (κ1) is 11.2. The molecule has 0 aliphatic carbocycles. The number of hydrogen-bond donors (Lipinski definition) is 0. The molecule has 4 nitrogen and oxygen atoms in total. The van der Waals surface area contributed by atoms with Crippen molar-refractivity contribution in [3.63, 3.8) is 0 Å². The molecule has 0 unspecified atom stereocenters. The lowest BCUT2D eigenvalue weighted by atomic mass is 10.1. The van der Waals surface area contributed by atoms with E-state index in [1.54, 1.807) is 0 Å². The SMILES string of the molecule is N#CC=CCCN1CCN2C(=O)CC[C@H]2C1. The Morgan fingerprint density at radius 1 is 1.50 bits per heavy atom.